The highest BCUT2D eigenvalue weighted by atomic mass is 16.5. The van der Waals surface area contributed by atoms with E-state index in [4.69, 9.17) is 9.47 Å². The van der Waals surface area contributed by atoms with Gasteiger partial charge in [-0.05, 0) is 37.8 Å². The second-order valence-corrected chi connectivity index (χ2v) is 5.85. The van der Waals surface area contributed by atoms with E-state index < -0.39 is 0 Å². The number of aliphatic hydroxyl groups is 1. The largest absolute Gasteiger partial charge is 0.497 e. The molecule has 0 amide bonds. The Bertz CT molecular complexity index is 445. The lowest BCUT2D eigenvalue weighted by molar-refractivity contribution is -0.0364. The summed E-state index contributed by atoms with van der Waals surface area (Å²) >= 11 is 0. The Labute approximate surface area is 120 Å². The van der Waals surface area contributed by atoms with E-state index in [1.807, 2.05) is 24.3 Å². The van der Waals surface area contributed by atoms with Gasteiger partial charge in [-0.1, -0.05) is 6.07 Å². The van der Waals surface area contributed by atoms with Crippen molar-refractivity contribution < 1.29 is 14.6 Å². The van der Waals surface area contributed by atoms with Gasteiger partial charge in [0.2, 0.25) is 0 Å². The molecule has 1 aromatic carbocycles. The molecule has 1 aromatic rings. The Kier molecular flexibility index (Phi) is 4.13. The molecule has 20 heavy (non-hydrogen) atoms. The van der Waals surface area contributed by atoms with Crippen molar-refractivity contribution >= 4 is 0 Å². The number of methoxy groups -OCH3 is 1. The molecule has 0 aromatic heterocycles. The first kappa shape index (κ1) is 13.7. The quantitative estimate of drug-likeness (QED) is 0.915. The highest BCUT2D eigenvalue weighted by Crippen LogP contribution is 2.29. The summed E-state index contributed by atoms with van der Waals surface area (Å²) in [6.45, 7) is 1.93. The van der Waals surface area contributed by atoms with Gasteiger partial charge >= 0.3 is 0 Å². The first-order valence-electron chi connectivity index (χ1n) is 7.47. The Morgan fingerprint density at radius 1 is 1.20 bits per heavy atom. The SMILES string of the molecule is COc1cccc(OC2CN(C3CCCC(O)C3)C2)c1. The zero-order valence-electron chi connectivity index (χ0n) is 12.0. The van der Waals surface area contributed by atoms with Gasteiger partial charge < -0.3 is 14.6 Å². The molecule has 2 aliphatic rings. The van der Waals surface area contributed by atoms with Crippen LogP contribution in [0.3, 0.4) is 0 Å². The number of likely N-dealkylation sites (tertiary alicyclic amines) is 1. The van der Waals surface area contributed by atoms with E-state index in [-0.39, 0.29) is 12.2 Å². The predicted molar refractivity (Wildman–Crippen MR) is 77.2 cm³/mol. The zero-order chi connectivity index (χ0) is 13.9. The molecule has 2 atom stereocenters. The first-order valence-corrected chi connectivity index (χ1v) is 7.47. The fourth-order valence-corrected chi connectivity index (χ4v) is 3.18. The summed E-state index contributed by atoms with van der Waals surface area (Å²) in [5.41, 5.74) is 0. The van der Waals surface area contributed by atoms with Gasteiger partial charge in [-0.2, -0.15) is 0 Å². The molecular formula is C16H23NO3. The van der Waals surface area contributed by atoms with Gasteiger partial charge in [-0.25, -0.2) is 0 Å². The van der Waals surface area contributed by atoms with Crippen LogP contribution in [-0.4, -0.2) is 48.5 Å². The molecule has 3 rings (SSSR count). The van der Waals surface area contributed by atoms with E-state index in [9.17, 15) is 5.11 Å². The number of rotatable bonds is 4. The molecule has 1 heterocycles. The molecule has 1 aliphatic heterocycles. The topological polar surface area (TPSA) is 41.9 Å². The van der Waals surface area contributed by atoms with E-state index >= 15 is 0 Å². The van der Waals surface area contributed by atoms with Crippen LogP contribution in [0.5, 0.6) is 11.5 Å². The third-order valence-electron chi connectivity index (χ3n) is 4.36. The maximum absolute atomic E-state index is 9.74. The molecule has 4 nitrogen and oxygen atoms in total. The van der Waals surface area contributed by atoms with Crippen LogP contribution in [0.25, 0.3) is 0 Å². The molecule has 2 unspecified atom stereocenters. The molecule has 0 bridgehead atoms. The van der Waals surface area contributed by atoms with E-state index in [1.165, 1.54) is 6.42 Å². The van der Waals surface area contributed by atoms with Crippen molar-refractivity contribution in [3.05, 3.63) is 24.3 Å². The first-order chi connectivity index (χ1) is 9.74. The second kappa shape index (κ2) is 6.02. The number of hydrogen-bond acceptors (Lipinski definition) is 4. The van der Waals surface area contributed by atoms with Gasteiger partial charge in [-0.3, -0.25) is 4.90 Å². The van der Waals surface area contributed by atoms with Gasteiger partial charge in [0.05, 0.1) is 13.2 Å². The molecule has 4 heteroatoms. The standard InChI is InChI=1S/C16H23NO3/c1-19-14-6-3-7-15(9-14)20-16-10-17(11-16)12-4-2-5-13(18)8-12/h3,6-7,9,12-13,16,18H,2,4-5,8,10-11H2,1H3. The molecule has 0 radical (unpaired) electrons. The minimum absolute atomic E-state index is 0.105. The van der Waals surface area contributed by atoms with Crippen molar-refractivity contribution in [2.75, 3.05) is 20.2 Å². The van der Waals surface area contributed by atoms with E-state index in [0.29, 0.717) is 6.04 Å². The lowest BCUT2D eigenvalue weighted by atomic mass is 9.90. The molecule has 110 valence electrons. The van der Waals surface area contributed by atoms with E-state index in [0.717, 1.165) is 43.9 Å². The highest BCUT2D eigenvalue weighted by Gasteiger charge is 2.35. The van der Waals surface area contributed by atoms with E-state index in [1.54, 1.807) is 7.11 Å². The molecule has 1 saturated heterocycles. The van der Waals surface area contributed by atoms with Crippen molar-refractivity contribution in [3.8, 4) is 11.5 Å². The lowest BCUT2D eigenvalue weighted by Gasteiger charge is -2.46. The summed E-state index contributed by atoms with van der Waals surface area (Å²) in [5.74, 6) is 1.70. The van der Waals surface area contributed by atoms with Gasteiger partial charge in [0, 0.05) is 25.2 Å². The molecule has 1 saturated carbocycles. The number of hydrogen-bond donors (Lipinski definition) is 1. The van der Waals surface area contributed by atoms with Crippen LogP contribution in [0.15, 0.2) is 24.3 Å². The number of aliphatic hydroxyl groups excluding tert-OH is 1. The fraction of sp³-hybridized carbons (Fsp3) is 0.625. The smallest absolute Gasteiger partial charge is 0.124 e. The maximum atomic E-state index is 9.74. The Morgan fingerprint density at radius 2 is 2.00 bits per heavy atom. The van der Waals surface area contributed by atoms with Crippen molar-refractivity contribution in [1.82, 2.24) is 4.90 Å². The van der Waals surface area contributed by atoms with Gasteiger partial charge in [0.1, 0.15) is 17.6 Å². The summed E-state index contributed by atoms with van der Waals surface area (Å²) < 4.78 is 11.2. The molecule has 2 fully saturated rings. The number of nitrogens with zero attached hydrogens (tertiary/aromatic N) is 1. The van der Waals surface area contributed by atoms with Crippen LogP contribution in [0.1, 0.15) is 25.7 Å². The minimum atomic E-state index is -0.105. The van der Waals surface area contributed by atoms with Crippen molar-refractivity contribution in [2.45, 2.75) is 43.9 Å². The normalized spacial score (nSPS) is 27.9. The number of ether oxygens (including phenoxy) is 2. The van der Waals surface area contributed by atoms with Gasteiger partial charge in [-0.15, -0.1) is 0 Å². The zero-order valence-corrected chi connectivity index (χ0v) is 12.0. The van der Waals surface area contributed by atoms with E-state index in [2.05, 4.69) is 4.90 Å². The molecule has 0 spiro atoms. The second-order valence-electron chi connectivity index (χ2n) is 5.85. The van der Waals surface area contributed by atoms with Gasteiger partial charge in [0.15, 0.2) is 0 Å². The van der Waals surface area contributed by atoms with Crippen molar-refractivity contribution in [2.24, 2.45) is 0 Å². The van der Waals surface area contributed by atoms with Crippen LogP contribution < -0.4 is 9.47 Å². The van der Waals surface area contributed by atoms with Crippen LogP contribution in [-0.2, 0) is 0 Å². The summed E-state index contributed by atoms with van der Waals surface area (Å²) in [6, 6.07) is 8.30. The summed E-state index contributed by atoms with van der Waals surface area (Å²) in [7, 11) is 1.67. The molecule has 1 aliphatic carbocycles. The van der Waals surface area contributed by atoms with Gasteiger partial charge in [0.25, 0.3) is 0 Å². The van der Waals surface area contributed by atoms with Crippen LogP contribution in [0.4, 0.5) is 0 Å². The van der Waals surface area contributed by atoms with Crippen LogP contribution in [0, 0.1) is 0 Å². The third-order valence-corrected chi connectivity index (χ3v) is 4.36. The fourth-order valence-electron chi connectivity index (χ4n) is 3.18. The van der Waals surface area contributed by atoms with Crippen LogP contribution in [0.2, 0.25) is 0 Å². The predicted octanol–water partition coefficient (Wildman–Crippen LogP) is 2.06. The van der Waals surface area contributed by atoms with Crippen LogP contribution >= 0.6 is 0 Å². The minimum Gasteiger partial charge on any atom is -0.497 e. The Morgan fingerprint density at radius 3 is 2.75 bits per heavy atom. The van der Waals surface area contributed by atoms with Crippen molar-refractivity contribution in [3.63, 3.8) is 0 Å². The maximum Gasteiger partial charge on any atom is 0.124 e. The average Bonchev–Trinajstić information content (AvgIpc) is 2.42. The Balaban J connectivity index is 1.48. The summed E-state index contributed by atoms with van der Waals surface area (Å²) in [5, 5.41) is 9.74. The lowest BCUT2D eigenvalue weighted by Crippen LogP contribution is -2.58. The summed E-state index contributed by atoms with van der Waals surface area (Å²) in [6.07, 6.45) is 4.40. The monoisotopic (exact) mass is 277 g/mol. The molecule has 1 N–H and O–H groups in total. The van der Waals surface area contributed by atoms with Crippen molar-refractivity contribution in [1.29, 1.82) is 0 Å². The highest BCUT2D eigenvalue weighted by molar-refractivity contribution is 5.33. The Hall–Kier alpha value is -1.26. The number of benzene rings is 1. The molecular weight excluding hydrogens is 254 g/mol. The average molecular weight is 277 g/mol. The third kappa shape index (κ3) is 3.07. The summed E-state index contributed by atoms with van der Waals surface area (Å²) in [4.78, 5) is 2.44.